The van der Waals surface area contributed by atoms with Gasteiger partial charge >= 0.3 is 5.97 Å². The largest absolute Gasteiger partial charge is 0.480 e. The van der Waals surface area contributed by atoms with Crippen molar-refractivity contribution in [1.82, 2.24) is 15.5 Å². The number of amides is 3. The molecule has 0 spiro atoms. The number of hydrogen-bond donors (Lipinski definition) is 6. The van der Waals surface area contributed by atoms with Crippen molar-refractivity contribution in [3.63, 3.8) is 0 Å². The maximum Gasteiger partial charge on any atom is 0.328 e. The molecular weight excluding hydrogens is 408 g/mol. The number of nitrogens with two attached hydrogens (primary N) is 1. The minimum atomic E-state index is -1.46. The molecule has 0 aromatic carbocycles. The van der Waals surface area contributed by atoms with E-state index in [1.165, 1.54) is 16.7 Å². The maximum atomic E-state index is 12.7. The number of aliphatic carboxylic acids is 1. The number of rotatable bonds is 11. The molecule has 0 aliphatic carbocycles. The molecule has 6 N–H and O–H groups in total. The van der Waals surface area contributed by atoms with Gasteiger partial charge in [0.1, 0.15) is 18.1 Å². The van der Waals surface area contributed by atoms with Gasteiger partial charge in [0.2, 0.25) is 17.7 Å². The fraction of sp³-hybridized carbons (Fsp3) is 0.750. The summed E-state index contributed by atoms with van der Waals surface area (Å²) in [6, 6.07) is -3.99. The molecule has 0 bridgehead atoms. The van der Waals surface area contributed by atoms with Gasteiger partial charge in [0.05, 0.1) is 12.6 Å². The summed E-state index contributed by atoms with van der Waals surface area (Å²) in [7, 11) is 0. The van der Waals surface area contributed by atoms with Crippen LogP contribution in [0.2, 0.25) is 0 Å². The van der Waals surface area contributed by atoms with Crippen LogP contribution in [0.3, 0.4) is 0 Å². The number of aliphatic hydroxyl groups excluding tert-OH is 1. The van der Waals surface area contributed by atoms with E-state index < -0.39 is 48.6 Å². The van der Waals surface area contributed by atoms with Crippen LogP contribution < -0.4 is 16.4 Å². The molecular formula is C16H28N4O6S2. The van der Waals surface area contributed by atoms with Crippen LogP contribution in [0.5, 0.6) is 0 Å². The minimum Gasteiger partial charge on any atom is -0.480 e. The number of carboxylic acids is 1. The van der Waals surface area contributed by atoms with Gasteiger partial charge in [-0.2, -0.15) is 24.4 Å². The standard InChI is InChI=1S/C16H28N4O6S2/c1-28-6-4-10(13(22)19-11(7-21)16(25)26)18-14(23)12-3-2-5-20(12)15(24)9(17)8-27/h9-12,21,27H,2-8,17H2,1H3,(H,18,23)(H,19,22)(H,25,26). The van der Waals surface area contributed by atoms with Gasteiger partial charge in [-0.1, -0.05) is 0 Å². The third-order valence-corrected chi connectivity index (χ3v) is 5.43. The first-order valence-electron chi connectivity index (χ1n) is 8.87. The lowest BCUT2D eigenvalue weighted by molar-refractivity contribution is -0.144. The normalized spacial score (nSPS) is 19.6. The van der Waals surface area contributed by atoms with E-state index in [1.54, 1.807) is 0 Å². The molecule has 0 aromatic rings. The molecule has 0 saturated carbocycles. The number of carboxylic acid groups (broad SMARTS) is 1. The molecule has 1 saturated heterocycles. The summed E-state index contributed by atoms with van der Waals surface area (Å²) >= 11 is 5.47. The number of aliphatic hydroxyl groups is 1. The summed E-state index contributed by atoms with van der Waals surface area (Å²) in [6.07, 6.45) is 3.19. The van der Waals surface area contributed by atoms with Gasteiger partial charge < -0.3 is 31.5 Å². The van der Waals surface area contributed by atoms with Gasteiger partial charge in [-0.05, 0) is 31.3 Å². The zero-order chi connectivity index (χ0) is 21.3. The number of carbonyl (C=O) groups is 4. The number of thioether (sulfide) groups is 1. The molecule has 28 heavy (non-hydrogen) atoms. The van der Waals surface area contributed by atoms with E-state index >= 15 is 0 Å². The number of thiol groups is 1. The van der Waals surface area contributed by atoms with Crippen molar-refractivity contribution in [3.8, 4) is 0 Å². The Labute approximate surface area is 173 Å². The Balaban J connectivity index is 2.84. The average Bonchev–Trinajstić information content (AvgIpc) is 3.17. The highest BCUT2D eigenvalue weighted by molar-refractivity contribution is 7.98. The van der Waals surface area contributed by atoms with Gasteiger partial charge in [0.25, 0.3) is 0 Å². The van der Waals surface area contributed by atoms with E-state index in [-0.39, 0.29) is 18.1 Å². The topological polar surface area (TPSA) is 162 Å². The molecule has 1 heterocycles. The second kappa shape index (κ2) is 12.1. The van der Waals surface area contributed by atoms with Crippen LogP contribution in [-0.4, -0.2) is 93.9 Å². The summed E-state index contributed by atoms with van der Waals surface area (Å²) in [5, 5.41) is 22.9. The molecule has 12 heteroatoms. The molecule has 160 valence electrons. The van der Waals surface area contributed by atoms with E-state index in [4.69, 9.17) is 15.9 Å². The summed E-state index contributed by atoms with van der Waals surface area (Å²) in [4.78, 5) is 49.9. The molecule has 3 amide bonds. The van der Waals surface area contributed by atoms with Crippen LogP contribution in [-0.2, 0) is 19.2 Å². The van der Waals surface area contributed by atoms with Gasteiger partial charge in [0, 0.05) is 12.3 Å². The predicted molar refractivity (Wildman–Crippen MR) is 108 cm³/mol. The number of carbonyl (C=O) groups excluding carboxylic acids is 3. The van der Waals surface area contributed by atoms with E-state index in [0.29, 0.717) is 25.1 Å². The van der Waals surface area contributed by atoms with Crippen LogP contribution in [0.1, 0.15) is 19.3 Å². The zero-order valence-corrected chi connectivity index (χ0v) is 17.4. The molecule has 0 aromatic heterocycles. The fourth-order valence-corrected chi connectivity index (χ4v) is 3.45. The first kappa shape index (κ1) is 24.5. The van der Waals surface area contributed by atoms with Crippen molar-refractivity contribution < 1.29 is 29.4 Å². The average molecular weight is 437 g/mol. The van der Waals surface area contributed by atoms with Crippen molar-refractivity contribution in [2.24, 2.45) is 5.73 Å². The highest BCUT2D eigenvalue weighted by Crippen LogP contribution is 2.19. The van der Waals surface area contributed by atoms with Crippen molar-refractivity contribution in [3.05, 3.63) is 0 Å². The molecule has 1 fully saturated rings. The second-order valence-electron chi connectivity index (χ2n) is 6.40. The van der Waals surface area contributed by atoms with Crippen LogP contribution in [0.15, 0.2) is 0 Å². The van der Waals surface area contributed by atoms with Gasteiger partial charge in [-0.3, -0.25) is 14.4 Å². The molecule has 1 aliphatic heterocycles. The monoisotopic (exact) mass is 436 g/mol. The molecule has 1 aliphatic rings. The highest BCUT2D eigenvalue weighted by atomic mass is 32.2. The lowest BCUT2D eigenvalue weighted by Gasteiger charge is -2.28. The molecule has 10 nitrogen and oxygen atoms in total. The maximum absolute atomic E-state index is 12.7. The Morgan fingerprint density at radius 3 is 2.50 bits per heavy atom. The Kier molecular flexibility index (Phi) is 10.6. The highest BCUT2D eigenvalue weighted by Gasteiger charge is 2.37. The zero-order valence-electron chi connectivity index (χ0n) is 15.7. The van der Waals surface area contributed by atoms with Crippen LogP contribution >= 0.6 is 24.4 Å². The smallest absolute Gasteiger partial charge is 0.328 e. The number of nitrogens with one attached hydrogen (secondary N) is 2. The Bertz CT molecular complexity index is 579. The van der Waals surface area contributed by atoms with Crippen LogP contribution in [0.25, 0.3) is 0 Å². The molecule has 1 rings (SSSR count). The molecule has 4 atom stereocenters. The number of nitrogens with zero attached hydrogens (tertiary/aromatic N) is 1. The van der Waals surface area contributed by atoms with Crippen molar-refractivity contribution in [2.45, 2.75) is 43.4 Å². The lowest BCUT2D eigenvalue weighted by atomic mass is 10.1. The van der Waals surface area contributed by atoms with Crippen molar-refractivity contribution >= 4 is 48.1 Å². The van der Waals surface area contributed by atoms with E-state index in [1.807, 2.05) is 6.26 Å². The Morgan fingerprint density at radius 1 is 1.29 bits per heavy atom. The third-order valence-electron chi connectivity index (χ3n) is 4.39. The SMILES string of the molecule is CSCCC(NC(=O)C1CCCN1C(=O)C(N)CS)C(=O)NC(CO)C(=O)O. The Morgan fingerprint density at radius 2 is 1.96 bits per heavy atom. The predicted octanol–water partition coefficient (Wildman–Crippen LogP) is -1.97. The first-order chi connectivity index (χ1) is 13.3. The summed E-state index contributed by atoms with van der Waals surface area (Å²) in [6.45, 7) is -0.373. The first-order valence-corrected chi connectivity index (χ1v) is 10.9. The van der Waals surface area contributed by atoms with Crippen LogP contribution in [0, 0.1) is 0 Å². The second-order valence-corrected chi connectivity index (χ2v) is 7.75. The number of hydrogen-bond acceptors (Lipinski definition) is 8. The summed E-state index contributed by atoms with van der Waals surface area (Å²) < 4.78 is 0. The van der Waals surface area contributed by atoms with Gasteiger partial charge in [-0.25, -0.2) is 4.79 Å². The van der Waals surface area contributed by atoms with E-state index in [2.05, 4.69) is 23.3 Å². The van der Waals surface area contributed by atoms with Gasteiger partial charge in [-0.15, -0.1) is 0 Å². The third kappa shape index (κ3) is 6.83. The van der Waals surface area contributed by atoms with Gasteiger partial charge in [0.15, 0.2) is 0 Å². The van der Waals surface area contributed by atoms with E-state index in [9.17, 15) is 19.2 Å². The van der Waals surface area contributed by atoms with Crippen molar-refractivity contribution in [2.75, 3.05) is 30.9 Å². The Hall–Kier alpha value is -1.50. The summed E-state index contributed by atoms with van der Waals surface area (Å²) in [5.41, 5.74) is 5.73. The fourth-order valence-electron chi connectivity index (χ4n) is 2.82. The minimum absolute atomic E-state index is 0.153. The number of likely N-dealkylation sites (tertiary alicyclic amines) is 1. The van der Waals surface area contributed by atoms with Crippen molar-refractivity contribution in [1.29, 1.82) is 0 Å². The molecule has 4 unspecified atom stereocenters. The van der Waals surface area contributed by atoms with E-state index in [0.717, 1.165) is 0 Å². The van der Waals surface area contributed by atoms with Crippen LogP contribution in [0.4, 0.5) is 0 Å². The summed E-state index contributed by atoms with van der Waals surface area (Å²) in [5.74, 6) is -2.24. The lowest BCUT2D eigenvalue weighted by Crippen LogP contribution is -2.57. The molecule has 0 radical (unpaired) electrons. The quantitative estimate of drug-likeness (QED) is 0.203.